The van der Waals surface area contributed by atoms with Crippen molar-refractivity contribution in [2.75, 3.05) is 12.4 Å². The Bertz CT molecular complexity index is 255. The molecule has 1 N–H and O–H groups in total. The Morgan fingerprint density at radius 2 is 2.06 bits per heavy atom. The molecule has 98 valence electrons. The topological polar surface area (TPSA) is 61.8 Å². The highest BCUT2D eigenvalue weighted by Crippen LogP contribution is 2.26. The van der Waals surface area contributed by atoms with Gasteiger partial charge in [-0.3, -0.25) is 0 Å². The van der Waals surface area contributed by atoms with E-state index in [0.717, 1.165) is 36.6 Å². The highest BCUT2D eigenvalue weighted by atomic mass is 35.5. The van der Waals surface area contributed by atoms with Crippen LogP contribution in [0.15, 0.2) is 5.29 Å². The number of amides is 2. The average Bonchev–Trinajstić information content (AvgIpc) is 2.36. The number of alkyl halides is 1. The van der Waals surface area contributed by atoms with Crippen LogP contribution in [0.2, 0.25) is 0 Å². The zero-order valence-electron chi connectivity index (χ0n) is 10.2. The maximum absolute atomic E-state index is 11.6. The van der Waals surface area contributed by atoms with Crippen molar-refractivity contribution < 1.29 is 4.79 Å². The van der Waals surface area contributed by atoms with E-state index in [-0.39, 0.29) is 18.5 Å². The fraction of sp³-hybridized carbons (Fsp3) is 0.909. The lowest BCUT2D eigenvalue weighted by atomic mass is 9.85. The fourth-order valence-corrected chi connectivity index (χ4v) is 2.38. The van der Waals surface area contributed by atoms with Gasteiger partial charge in [0, 0.05) is 11.9 Å². The van der Waals surface area contributed by atoms with E-state index in [1.54, 1.807) is 0 Å². The van der Waals surface area contributed by atoms with Crippen LogP contribution in [-0.2, 0) is 0 Å². The van der Waals surface area contributed by atoms with Crippen LogP contribution in [0.1, 0.15) is 39.0 Å². The molecule has 1 fully saturated rings. The third-order valence-corrected chi connectivity index (χ3v) is 3.55. The van der Waals surface area contributed by atoms with Gasteiger partial charge in [-0.25, -0.2) is 4.79 Å². The Morgan fingerprint density at radius 1 is 1.41 bits per heavy atom. The maximum atomic E-state index is 11.6. The molecule has 0 aromatic carbocycles. The van der Waals surface area contributed by atoms with Crippen LogP contribution in [0.25, 0.3) is 0 Å². The molecule has 0 atom stereocenters. The smallest absolute Gasteiger partial charge is 0.334 e. The molecule has 0 aromatic rings. The van der Waals surface area contributed by atoms with E-state index in [4.69, 9.17) is 11.6 Å². The molecular weight excluding hydrogens is 242 g/mol. The number of halogens is 1. The number of nitrogens with zero attached hydrogens (tertiary/aromatic N) is 2. The van der Waals surface area contributed by atoms with Gasteiger partial charge in [0.2, 0.25) is 0 Å². The number of urea groups is 1. The van der Waals surface area contributed by atoms with Crippen LogP contribution in [-0.4, -0.2) is 29.5 Å². The second-order valence-corrected chi connectivity index (χ2v) is 4.85. The molecule has 0 aliphatic heterocycles. The van der Waals surface area contributed by atoms with Crippen molar-refractivity contribution in [2.45, 2.75) is 45.1 Å². The van der Waals surface area contributed by atoms with Gasteiger partial charge in [-0.2, -0.15) is 5.01 Å². The minimum Gasteiger partial charge on any atom is -0.334 e. The normalized spacial score (nSPS) is 24.1. The van der Waals surface area contributed by atoms with Gasteiger partial charge in [0.05, 0.1) is 11.8 Å². The van der Waals surface area contributed by atoms with Gasteiger partial charge in [-0.1, -0.05) is 13.3 Å². The van der Waals surface area contributed by atoms with E-state index < -0.39 is 6.03 Å². The second kappa shape index (κ2) is 7.48. The zero-order valence-corrected chi connectivity index (χ0v) is 10.9. The van der Waals surface area contributed by atoms with Crippen LogP contribution >= 0.6 is 11.6 Å². The SMILES string of the molecule is CCC1CCC(NC(=O)N(CCCl)N=O)CC1. The number of nitrogens with one attached hydrogen (secondary N) is 1. The summed E-state index contributed by atoms with van der Waals surface area (Å²) in [6.45, 7) is 2.35. The molecule has 5 nitrogen and oxygen atoms in total. The van der Waals surface area contributed by atoms with E-state index >= 15 is 0 Å². The number of hydrogen-bond donors (Lipinski definition) is 1. The molecule has 0 radical (unpaired) electrons. The fourth-order valence-electron chi connectivity index (χ4n) is 2.22. The van der Waals surface area contributed by atoms with Crippen molar-refractivity contribution in [1.29, 1.82) is 0 Å². The molecule has 2 amide bonds. The number of carbonyl (C=O) groups excluding carboxylic acids is 1. The molecule has 1 aliphatic rings. The average molecular weight is 262 g/mol. The monoisotopic (exact) mass is 261 g/mol. The first-order chi connectivity index (χ1) is 8.21. The number of nitroso groups, excluding NO2 is 1. The molecule has 0 bridgehead atoms. The predicted molar refractivity (Wildman–Crippen MR) is 67.8 cm³/mol. The molecule has 0 spiro atoms. The lowest BCUT2D eigenvalue weighted by Crippen LogP contribution is -2.44. The van der Waals surface area contributed by atoms with Gasteiger partial charge < -0.3 is 5.32 Å². The zero-order chi connectivity index (χ0) is 12.7. The molecule has 17 heavy (non-hydrogen) atoms. The highest BCUT2D eigenvalue weighted by Gasteiger charge is 2.23. The van der Waals surface area contributed by atoms with Gasteiger partial charge in [0.1, 0.15) is 0 Å². The third kappa shape index (κ3) is 4.50. The van der Waals surface area contributed by atoms with Gasteiger partial charge in [-0.05, 0) is 31.6 Å². The van der Waals surface area contributed by atoms with Crippen molar-refractivity contribution in [2.24, 2.45) is 11.2 Å². The molecule has 1 saturated carbocycles. The Morgan fingerprint density at radius 3 is 2.53 bits per heavy atom. The first kappa shape index (κ1) is 14.2. The Hall–Kier alpha value is -0.840. The summed E-state index contributed by atoms with van der Waals surface area (Å²) in [5.74, 6) is 0.994. The van der Waals surface area contributed by atoms with E-state index in [1.165, 1.54) is 6.42 Å². The van der Waals surface area contributed by atoms with Crippen LogP contribution in [0.5, 0.6) is 0 Å². The Kier molecular flexibility index (Phi) is 6.26. The summed E-state index contributed by atoms with van der Waals surface area (Å²) < 4.78 is 0. The number of carbonyl (C=O) groups is 1. The Balaban J connectivity index is 2.33. The molecule has 6 heteroatoms. The van der Waals surface area contributed by atoms with E-state index in [9.17, 15) is 9.70 Å². The molecular formula is C11H20ClN3O2. The quantitative estimate of drug-likeness (QED) is 0.470. The minimum absolute atomic E-state index is 0.154. The molecule has 1 aliphatic carbocycles. The molecule has 0 aromatic heterocycles. The van der Waals surface area contributed by atoms with Crippen molar-refractivity contribution in [3.63, 3.8) is 0 Å². The summed E-state index contributed by atoms with van der Waals surface area (Å²) in [4.78, 5) is 22.1. The molecule has 0 saturated heterocycles. The summed E-state index contributed by atoms with van der Waals surface area (Å²) in [5, 5.41) is 6.34. The third-order valence-electron chi connectivity index (χ3n) is 3.38. The second-order valence-electron chi connectivity index (χ2n) is 4.47. The summed E-state index contributed by atoms with van der Waals surface area (Å²) in [6.07, 6.45) is 5.46. The lowest BCUT2D eigenvalue weighted by molar-refractivity contribution is 0.190. The molecule has 1 rings (SSSR count). The molecule has 0 heterocycles. The van der Waals surface area contributed by atoms with Gasteiger partial charge >= 0.3 is 6.03 Å². The van der Waals surface area contributed by atoms with Gasteiger partial charge in [-0.15, -0.1) is 16.5 Å². The standard InChI is InChI=1S/C11H20ClN3O2/c1-2-9-3-5-10(6-4-9)13-11(16)15(14-17)8-7-12/h9-10H,2-8H2,1H3,(H,13,16). The van der Waals surface area contributed by atoms with Crippen molar-refractivity contribution in [3.8, 4) is 0 Å². The van der Waals surface area contributed by atoms with Crippen LogP contribution in [0.4, 0.5) is 4.79 Å². The van der Waals surface area contributed by atoms with E-state index in [2.05, 4.69) is 17.5 Å². The van der Waals surface area contributed by atoms with Gasteiger partial charge in [0.15, 0.2) is 0 Å². The van der Waals surface area contributed by atoms with E-state index in [1.807, 2.05) is 0 Å². The summed E-state index contributed by atoms with van der Waals surface area (Å²) >= 11 is 5.48. The largest absolute Gasteiger partial charge is 0.340 e. The summed E-state index contributed by atoms with van der Waals surface area (Å²) in [5.41, 5.74) is 0. The van der Waals surface area contributed by atoms with Crippen LogP contribution in [0.3, 0.4) is 0 Å². The highest BCUT2D eigenvalue weighted by molar-refractivity contribution is 6.18. The minimum atomic E-state index is -0.430. The first-order valence-electron chi connectivity index (χ1n) is 6.18. The van der Waals surface area contributed by atoms with Crippen molar-refractivity contribution in [3.05, 3.63) is 4.91 Å². The lowest BCUT2D eigenvalue weighted by Gasteiger charge is -2.29. The Labute approximate surface area is 107 Å². The number of hydrogen-bond acceptors (Lipinski definition) is 3. The predicted octanol–water partition coefficient (Wildman–Crippen LogP) is 2.89. The first-order valence-corrected chi connectivity index (χ1v) is 6.72. The van der Waals surface area contributed by atoms with Gasteiger partial charge in [0.25, 0.3) is 0 Å². The molecule has 0 unspecified atom stereocenters. The van der Waals surface area contributed by atoms with Crippen LogP contribution in [0, 0.1) is 10.8 Å². The van der Waals surface area contributed by atoms with Crippen molar-refractivity contribution >= 4 is 17.6 Å². The summed E-state index contributed by atoms with van der Waals surface area (Å²) in [6, 6.07) is -0.259. The number of rotatable bonds is 5. The van der Waals surface area contributed by atoms with E-state index in [0.29, 0.717) is 0 Å². The summed E-state index contributed by atoms with van der Waals surface area (Å²) in [7, 11) is 0. The maximum Gasteiger partial charge on any atom is 0.340 e. The van der Waals surface area contributed by atoms with Crippen LogP contribution < -0.4 is 5.32 Å². The van der Waals surface area contributed by atoms with Crippen molar-refractivity contribution in [1.82, 2.24) is 10.3 Å².